The molecule has 1 aromatic heterocycles. The quantitative estimate of drug-likeness (QED) is 0.382. The molecule has 1 aliphatic rings. The Bertz CT molecular complexity index is 395. The van der Waals surface area contributed by atoms with Gasteiger partial charge >= 0.3 is 0 Å². The number of hydrogen-bond donors (Lipinski definition) is 3. The Hall–Kier alpha value is -1.37. The Kier molecular flexibility index (Phi) is 6.04. The number of nitrogen functional groups attached to an aromatic ring is 1. The van der Waals surface area contributed by atoms with E-state index < -0.39 is 0 Å². The highest BCUT2D eigenvalue weighted by atomic mass is 16.7. The van der Waals surface area contributed by atoms with E-state index in [1.54, 1.807) is 18.3 Å². The molecular formula is C14H25N5O. The molecule has 6 heteroatoms. The van der Waals surface area contributed by atoms with Crippen LogP contribution in [0.2, 0.25) is 0 Å². The smallest absolute Gasteiger partial charge is 0.192 e. The van der Waals surface area contributed by atoms with Gasteiger partial charge in [0, 0.05) is 19.3 Å². The summed E-state index contributed by atoms with van der Waals surface area (Å²) in [7, 11) is 0. The summed E-state index contributed by atoms with van der Waals surface area (Å²) in [5.74, 6) is 0.564. The first-order valence-electron chi connectivity index (χ1n) is 7.41. The Morgan fingerprint density at radius 3 is 2.95 bits per heavy atom. The van der Waals surface area contributed by atoms with Gasteiger partial charge in [-0.15, -0.1) is 0 Å². The van der Waals surface area contributed by atoms with Crippen molar-refractivity contribution >= 4 is 11.5 Å². The zero-order chi connectivity index (χ0) is 14.2. The van der Waals surface area contributed by atoms with Crippen LogP contribution in [0.1, 0.15) is 32.6 Å². The molecule has 1 fully saturated rings. The van der Waals surface area contributed by atoms with Gasteiger partial charge in [-0.05, 0) is 37.9 Å². The highest BCUT2D eigenvalue weighted by Gasteiger charge is 2.22. The monoisotopic (exact) mass is 279 g/mol. The van der Waals surface area contributed by atoms with Gasteiger partial charge in [-0.25, -0.2) is 15.3 Å². The van der Waals surface area contributed by atoms with Crippen molar-refractivity contribution in [1.82, 2.24) is 15.2 Å². The maximum Gasteiger partial charge on any atom is 0.192 e. The maximum atomic E-state index is 5.84. The Morgan fingerprint density at radius 1 is 1.45 bits per heavy atom. The molecule has 2 heterocycles. The first-order valence-corrected chi connectivity index (χ1v) is 7.41. The van der Waals surface area contributed by atoms with Gasteiger partial charge in [0.1, 0.15) is 0 Å². The molecule has 1 saturated heterocycles. The molecule has 1 unspecified atom stereocenters. The van der Waals surface area contributed by atoms with E-state index in [4.69, 9.17) is 10.6 Å². The Morgan fingerprint density at radius 2 is 2.25 bits per heavy atom. The number of likely N-dealkylation sites (tertiary alicyclic amines) is 1. The molecule has 0 saturated carbocycles. The highest BCUT2D eigenvalue weighted by Crippen LogP contribution is 2.15. The van der Waals surface area contributed by atoms with Crippen LogP contribution in [0.5, 0.6) is 0 Å². The topological polar surface area (TPSA) is 75.4 Å². The van der Waals surface area contributed by atoms with E-state index in [9.17, 15) is 0 Å². The molecule has 4 N–H and O–H groups in total. The van der Waals surface area contributed by atoms with Crippen LogP contribution in [-0.4, -0.2) is 35.9 Å². The maximum absolute atomic E-state index is 5.84. The number of nitrogens with zero attached hydrogens (tertiary/aromatic N) is 2. The van der Waals surface area contributed by atoms with Crippen molar-refractivity contribution in [2.45, 2.75) is 39.0 Å². The minimum absolute atomic E-state index is 0.134. The Labute approximate surface area is 120 Å². The number of unbranched alkanes of at least 4 members (excludes halogenated alkanes) is 1. The molecule has 0 aromatic carbocycles. The first kappa shape index (κ1) is 15.0. The summed E-state index contributed by atoms with van der Waals surface area (Å²) >= 11 is 0. The number of nitrogens with two attached hydrogens (primary N) is 1. The summed E-state index contributed by atoms with van der Waals surface area (Å²) in [5.41, 5.74) is 9.30. The van der Waals surface area contributed by atoms with Gasteiger partial charge in [-0.3, -0.25) is 10.2 Å². The van der Waals surface area contributed by atoms with Gasteiger partial charge in [0.05, 0.1) is 5.69 Å². The standard InChI is InChI=1S/C14H25N5O/c1-2-3-8-17-14(19-10-4-5-11-19)20-18-13-12(15)7-6-9-16-13/h6-7,9,14,17H,2-5,8,10-11,15H2,1H3,(H,16,18). The average Bonchev–Trinajstić information content (AvgIpc) is 2.98. The largest absolute Gasteiger partial charge is 0.396 e. The SMILES string of the molecule is CCCCNC(ONc1ncccc1N)N1CCCC1. The van der Waals surface area contributed by atoms with Crippen molar-refractivity contribution in [3.63, 3.8) is 0 Å². The predicted molar refractivity (Wildman–Crippen MR) is 80.9 cm³/mol. The number of hydrogen-bond acceptors (Lipinski definition) is 6. The first-order chi connectivity index (χ1) is 9.81. The normalized spacial score (nSPS) is 17.2. The second kappa shape index (κ2) is 8.04. The van der Waals surface area contributed by atoms with E-state index in [-0.39, 0.29) is 6.35 Å². The van der Waals surface area contributed by atoms with Crippen LogP contribution >= 0.6 is 0 Å². The minimum atomic E-state index is -0.134. The van der Waals surface area contributed by atoms with E-state index in [0.29, 0.717) is 11.5 Å². The average molecular weight is 279 g/mol. The molecular weight excluding hydrogens is 254 g/mol. The molecule has 0 aliphatic carbocycles. The van der Waals surface area contributed by atoms with Gasteiger partial charge < -0.3 is 5.73 Å². The van der Waals surface area contributed by atoms with E-state index in [2.05, 4.69) is 27.6 Å². The van der Waals surface area contributed by atoms with Crippen molar-refractivity contribution in [3.05, 3.63) is 18.3 Å². The minimum Gasteiger partial charge on any atom is -0.396 e. The van der Waals surface area contributed by atoms with Crippen LogP contribution in [0.4, 0.5) is 11.5 Å². The molecule has 2 rings (SSSR count). The summed E-state index contributed by atoms with van der Waals surface area (Å²) in [5, 5.41) is 3.42. The van der Waals surface area contributed by atoms with Crippen molar-refractivity contribution in [2.24, 2.45) is 0 Å². The van der Waals surface area contributed by atoms with Crippen LogP contribution in [0.15, 0.2) is 18.3 Å². The summed E-state index contributed by atoms with van der Waals surface area (Å²) in [4.78, 5) is 12.2. The fourth-order valence-corrected chi connectivity index (χ4v) is 2.24. The third-order valence-corrected chi connectivity index (χ3v) is 3.43. The van der Waals surface area contributed by atoms with E-state index in [1.165, 1.54) is 19.3 Å². The number of pyridine rings is 1. The lowest BCUT2D eigenvalue weighted by atomic mass is 10.3. The fourth-order valence-electron chi connectivity index (χ4n) is 2.24. The van der Waals surface area contributed by atoms with Crippen molar-refractivity contribution in [1.29, 1.82) is 0 Å². The van der Waals surface area contributed by atoms with Crippen molar-refractivity contribution in [2.75, 3.05) is 30.8 Å². The summed E-state index contributed by atoms with van der Waals surface area (Å²) < 4.78 is 0. The summed E-state index contributed by atoms with van der Waals surface area (Å²) in [6, 6.07) is 3.60. The second-order valence-electron chi connectivity index (χ2n) is 5.06. The molecule has 20 heavy (non-hydrogen) atoms. The van der Waals surface area contributed by atoms with Gasteiger partial charge in [0.2, 0.25) is 0 Å². The lowest BCUT2D eigenvalue weighted by Crippen LogP contribution is -2.47. The van der Waals surface area contributed by atoms with Gasteiger partial charge in [-0.1, -0.05) is 13.3 Å². The summed E-state index contributed by atoms with van der Waals surface area (Å²) in [6.45, 7) is 5.24. The molecule has 0 bridgehead atoms. The highest BCUT2D eigenvalue weighted by molar-refractivity contribution is 5.59. The van der Waals surface area contributed by atoms with Crippen LogP contribution in [-0.2, 0) is 4.84 Å². The number of anilines is 2. The third kappa shape index (κ3) is 4.33. The van der Waals surface area contributed by atoms with E-state index in [0.717, 1.165) is 26.1 Å². The van der Waals surface area contributed by atoms with Crippen LogP contribution in [0, 0.1) is 0 Å². The zero-order valence-corrected chi connectivity index (χ0v) is 12.1. The Balaban J connectivity index is 1.87. The van der Waals surface area contributed by atoms with Crippen molar-refractivity contribution < 1.29 is 4.84 Å². The number of nitrogens with one attached hydrogen (secondary N) is 2. The summed E-state index contributed by atoms with van der Waals surface area (Å²) in [6.07, 6.45) is 6.31. The predicted octanol–water partition coefficient (Wildman–Crippen LogP) is 1.78. The lowest BCUT2D eigenvalue weighted by Gasteiger charge is -2.28. The molecule has 0 amide bonds. The van der Waals surface area contributed by atoms with Gasteiger partial charge in [0.25, 0.3) is 0 Å². The van der Waals surface area contributed by atoms with Crippen molar-refractivity contribution in [3.8, 4) is 0 Å². The van der Waals surface area contributed by atoms with Crippen LogP contribution < -0.4 is 16.5 Å². The third-order valence-electron chi connectivity index (χ3n) is 3.43. The van der Waals surface area contributed by atoms with Crippen LogP contribution in [0.25, 0.3) is 0 Å². The van der Waals surface area contributed by atoms with Gasteiger partial charge in [-0.2, -0.15) is 0 Å². The fraction of sp³-hybridized carbons (Fsp3) is 0.643. The molecule has 0 spiro atoms. The second-order valence-corrected chi connectivity index (χ2v) is 5.06. The molecule has 1 aromatic rings. The molecule has 112 valence electrons. The molecule has 6 nitrogen and oxygen atoms in total. The molecule has 1 atom stereocenters. The lowest BCUT2D eigenvalue weighted by molar-refractivity contribution is -0.0446. The molecule has 1 aliphatic heterocycles. The zero-order valence-electron chi connectivity index (χ0n) is 12.1. The van der Waals surface area contributed by atoms with E-state index in [1.807, 2.05) is 0 Å². The van der Waals surface area contributed by atoms with Crippen LogP contribution in [0.3, 0.4) is 0 Å². The van der Waals surface area contributed by atoms with E-state index >= 15 is 0 Å². The molecule has 0 radical (unpaired) electrons. The number of rotatable bonds is 8. The number of aromatic nitrogens is 1. The van der Waals surface area contributed by atoms with Gasteiger partial charge in [0.15, 0.2) is 12.2 Å².